The van der Waals surface area contributed by atoms with Gasteiger partial charge in [0.15, 0.2) is 0 Å². The summed E-state index contributed by atoms with van der Waals surface area (Å²) in [6.07, 6.45) is 0.911. The van der Waals surface area contributed by atoms with Crippen molar-refractivity contribution >= 4 is 114 Å². The van der Waals surface area contributed by atoms with Crippen LogP contribution in [0.1, 0.15) is 16.7 Å². The molecule has 0 atom stereocenters. The fraction of sp³-hybridized carbons (Fsp3) is 0.111. The second kappa shape index (κ2) is 39.2. The van der Waals surface area contributed by atoms with Crippen molar-refractivity contribution in [3.8, 4) is 17.2 Å². The number of halogens is 4. The zero-order valence-electron chi connectivity index (χ0n) is 52.7. The monoisotopic (exact) mass is 1460 g/mol. The van der Waals surface area contributed by atoms with Gasteiger partial charge in [-0.1, -0.05) is 282 Å². The highest BCUT2D eigenvalue weighted by atomic mass is 79.9. The summed E-state index contributed by atoms with van der Waals surface area (Å²) in [5.41, 5.74) is 3.62. The molecule has 95 heavy (non-hydrogen) atoms. The number of ether oxygens (including phenoxy) is 3. The van der Waals surface area contributed by atoms with E-state index < -0.39 is 46.6 Å². The number of benzene rings is 12. The molecule has 0 unspecified atom stereocenters. The van der Waals surface area contributed by atoms with Gasteiger partial charge in [0.25, 0.3) is 10.1 Å². The Balaban J connectivity index is 0.000000173. The molecule has 12 aromatic carbocycles. The average Bonchev–Trinajstić information content (AvgIpc) is 0.757. The first-order valence-corrected chi connectivity index (χ1v) is 38.1. The molecule has 0 aliphatic rings. The van der Waals surface area contributed by atoms with Crippen LogP contribution in [0.5, 0.6) is 17.2 Å². The van der Waals surface area contributed by atoms with E-state index in [0.29, 0.717) is 5.75 Å². The van der Waals surface area contributed by atoms with Crippen molar-refractivity contribution in [3.05, 3.63) is 356 Å². The first-order valence-electron chi connectivity index (χ1n) is 30.9. The van der Waals surface area contributed by atoms with Crippen molar-refractivity contribution in [2.75, 3.05) is 39.8 Å². The fourth-order valence-corrected chi connectivity index (χ4v) is 20.5. The molecular formula is C81H76Br2F2O6P3S+. The summed E-state index contributed by atoms with van der Waals surface area (Å²) < 4.78 is 71.8. The molecule has 12 aromatic rings. The van der Waals surface area contributed by atoms with Crippen molar-refractivity contribution in [2.24, 2.45) is 0 Å². The predicted molar refractivity (Wildman–Crippen MR) is 408 cm³/mol. The fourth-order valence-electron chi connectivity index (χ4n) is 10.3. The van der Waals surface area contributed by atoms with Crippen LogP contribution in [0.3, 0.4) is 0 Å². The van der Waals surface area contributed by atoms with Crippen molar-refractivity contribution in [2.45, 2.75) is 23.3 Å². The molecule has 0 spiro atoms. The molecule has 0 radical (unpaired) electrons. The molecule has 6 nitrogen and oxygen atoms in total. The molecule has 12 rings (SSSR count). The van der Waals surface area contributed by atoms with E-state index in [0.717, 1.165) is 33.9 Å². The van der Waals surface area contributed by atoms with Crippen molar-refractivity contribution in [3.63, 3.8) is 0 Å². The molecule has 0 saturated carbocycles. The van der Waals surface area contributed by atoms with Crippen LogP contribution in [-0.4, -0.2) is 48.2 Å². The van der Waals surface area contributed by atoms with Gasteiger partial charge in [0, 0.05) is 11.4 Å². The lowest BCUT2D eigenvalue weighted by molar-refractivity contribution is 0.221. The highest BCUT2D eigenvalue weighted by Gasteiger charge is 2.45. The maximum atomic E-state index is 12.7. The number of alkyl halides is 3. The van der Waals surface area contributed by atoms with E-state index in [1.165, 1.54) is 53.6 Å². The van der Waals surface area contributed by atoms with Crippen LogP contribution in [0.25, 0.3) is 0 Å². The molecule has 0 saturated heterocycles. The summed E-state index contributed by atoms with van der Waals surface area (Å²) in [4.78, 5) is 0.145. The van der Waals surface area contributed by atoms with Crippen LogP contribution >= 0.6 is 56.0 Å². The molecule has 484 valence electrons. The lowest BCUT2D eigenvalue weighted by Gasteiger charge is -2.28. The molecule has 14 heteroatoms. The van der Waals surface area contributed by atoms with Crippen LogP contribution in [0.15, 0.2) is 345 Å². The molecule has 0 aromatic heterocycles. The van der Waals surface area contributed by atoms with Crippen LogP contribution in [0.2, 0.25) is 0 Å². The van der Waals surface area contributed by atoms with E-state index in [1.807, 2.05) is 97.9 Å². The Kier molecular flexibility index (Phi) is 30.1. The molecule has 0 aliphatic heterocycles. The minimum absolute atomic E-state index is 0. The van der Waals surface area contributed by atoms with E-state index in [-0.39, 0.29) is 48.3 Å². The SMILES string of the molecule is Br.BrCc1ccccc1.Cc1ccc(S(=O)(=O)OCCOc2cccc(P(c3ccccc3)c3ccccc3)c2)cc1.[18F]CCOc1cccc(P(c2ccccc2)c2ccccc2)c1.[18F]CCOc1cccc([P+](Cc2ccccc2)(c2ccccc2)c2ccccc2)c1. The van der Waals surface area contributed by atoms with Gasteiger partial charge in [0.1, 0.15) is 80.2 Å². The highest BCUT2D eigenvalue weighted by molar-refractivity contribution is 9.08. The summed E-state index contributed by atoms with van der Waals surface area (Å²) in [6.45, 7) is 1.17. The predicted octanol–water partition coefficient (Wildman–Crippen LogP) is 17.0. The molecule has 0 aliphatic carbocycles. The lowest BCUT2D eigenvalue weighted by Crippen LogP contribution is -2.32. The van der Waals surface area contributed by atoms with Gasteiger partial charge in [0.05, 0.1) is 11.1 Å². The second-order valence-electron chi connectivity index (χ2n) is 21.3. The van der Waals surface area contributed by atoms with Crippen LogP contribution in [0, 0.1) is 6.92 Å². The minimum Gasteiger partial charge on any atom is -0.491 e. The number of aryl methyl sites for hydroxylation is 1. The third-order valence-corrected chi connectivity index (χ3v) is 25.9. The van der Waals surface area contributed by atoms with Crippen molar-refractivity contribution < 1.29 is 35.6 Å². The van der Waals surface area contributed by atoms with Gasteiger partial charge in [-0.15, -0.1) is 17.0 Å². The quantitative estimate of drug-likeness (QED) is 0.0260. The van der Waals surface area contributed by atoms with Gasteiger partial charge < -0.3 is 14.2 Å². The van der Waals surface area contributed by atoms with Crippen LogP contribution in [-0.2, 0) is 25.8 Å². The van der Waals surface area contributed by atoms with E-state index in [9.17, 15) is 17.2 Å². The number of rotatable bonds is 24. The Bertz CT molecular complexity index is 4110. The summed E-state index contributed by atoms with van der Waals surface area (Å²) in [5, 5.41) is 12.3. The summed E-state index contributed by atoms with van der Waals surface area (Å²) in [7, 11) is -7.20. The maximum Gasteiger partial charge on any atom is 0.297 e. The highest BCUT2D eigenvalue weighted by Crippen LogP contribution is 2.58. The molecule has 0 heterocycles. The van der Waals surface area contributed by atoms with Gasteiger partial charge in [-0.05, 0) is 139 Å². The largest absolute Gasteiger partial charge is 0.491 e. The zero-order valence-corrected chi connectivity index (χ0v) is 59.5. The number of hydrogen-bond acceptors (Lipinski definition) is 6. The molecular weight excluding hydrogens is 1390 g/mol. The smallest absolute Gasteiger partial charge is 0.297 e. The van der Waals surface area contributed by atoms with Gasteiger partial charge in [-0.2, -0.15) is 8.42 Å². The number of hydrogen-bond donors (Lipinski definition) is 0. The van der Waals surface area contributed by atoms with Crippen LogP contribution < -0.4 is 62.0 Å². The standard InChI is InChI=1S/C27H25FOP.C27H25O4PS.C20H18FOP.C7H7Br.BrH/c28-19-20-29-24-13-10-18-27(21-24)30(25-14-6-2-7-15-25,26-16-8-3-9-17-26)22-23-11-4-1-5-12-23;1-22-15-17-27(18-16-22)33(28,29)31-20-19-30-23-9-8-14-26(21-23)32(24-10-4-2-5-11-24)25-12-6-3-7-13-25;21-14-15-22-17-8-7-13-20(16-17)23(18-9-3-1-4-10-18)19-11-5-2-6-12-19;8-6-7-4-2-1-3-5-7;/h1-18,21H,19-20,22H2;2-18,21H,19-20H2,1H3;1-13,16H,14-15H2;1-5H,6H2;1H/q+1;;;;/i28-1;;21-1;;. The first-order chi connectivity index (χ1) is 46.2. The molecule has 0 N–H and O–H groups in total. The Labute approximate surface area is 581 Å². The lowest BCUT2D eigenvalue weighted by atomic mass is 10.2. The first kappa shape index (κ1) is 72.9. The Hall–Kier alpha value is -7.94. The second-order valence-corrected chi connectivity index (χ2v) is 31.4. The Morgan fingerprint density at radius 2 is 0.684 bits per heavy atom. The Morgan fingerprint density at radius 3 is 1.06 bits per heavy atom. The zero-order chi connectivity index (χ0) is 65.5. The molecule has 0 fully saturated rings. The van der Waals surface area contributed by atoms with Crippen molar-refractivity contribution in [1.82, 2.24) is 0 Å². The van der Waals surface area contributed by atoms with Crippen LogP contribution in [0.4, 0.5) is 8.78 Å². The van der Waals surface area contributed by atoms with E-state index in [1.54, 1.807) is 24.3 Å². The van der Waals surface area contributed by atoms with E-state index in [4.69, 9.17) is 18.4 Å². The molecule has 0 bridgehead atoms. The van der Waals surface area contributed by atoms with Gasteiger partial charge in [-0.25, -0.2) is 8.78 Å². The maximum absolute atomic E-state index is 12.7. The topological polar surface area (TPSA) is 71.1 Å². The summed E-state index contributed by atoms with van der Waals surface area (Å²) in [5.74, 6) is 2.12. The third-order valence-electron chi connectivity index (χ3n) is 14.7. The third kappa shape index (κ3) is 21.8. The molecule has 0 amide bonds. The summed E-state index contributed by atoms with van der Waals surface area (Å²) in [6, 6.07) is 115. The van der Waals surface area contributed by atoms with Gasteiger partial charge in [0.2, 0.25) is 0 Å². The average molecular weight is 1470 g/mol. The Morgan fingerprint density at radius 1 is 0.358 bits per heavy atom. The van der Waals surface area contributed by atoms with E-state index in [2.05, 4.69) is 240 Å². The van der Waals surface area contributed by atoms with Gasteiger partial charge >= 0.3 is 0 Å². The van der Waals surface area contributed by atoms with Crippen molar-refractivity contribution in [1.29, 1.82) is 0 Å². The normalized spacial score (nSPS) is 10.9. The summed E-state index contributed by atoms with van der Waals surface area (Å²) >= 11 is 3.36. The van der Waals surface area contributed by atoms with Gasteiger partial charge in [-0.3, -0.25) is 4.18 Å². The van der Waals surface area contributed by atoms with E-state index >= 15 is 0 Å². The minimum atomic E-state index is -3.80.